The zero-order valence-corrected chi connectivity index (χ0v) is 7.54. The molecule has 0 fully saturated rings. The van der Waals surface area contributed by atoms with Crippen LogP contribution >= 0.6 is 0 Å². The van der Waals surface area contributed by atoms with E-state index < -0.39 is 0 Å². The maximum Gasteiger partial charge on any atom is 0.153 e. The van der Waals surface area contributed by atoms with Crippen LogP contribution in [0.3, 0.4) is 0 Å². The van der Waals surface area contributed by atoms with Gasteiger partial charge in [-0.3, -0.25) is 0 Å². The van der Waals surface area contributed by atoms with Crippen LogP contribution < -0.4 is 5.32 Å². The van der Waals surface area contributed by atoms with Gasteiger partial charge in [0.25, 0.3) is 0 Å². The van der Waals surface area contributed by atoms with E-state index in [4.69, 9.17) is 0 Å². The highest BCUT2D eigenvalue weighted by Crippen LogP contribution is 2.11. The Balaban J connectivity index is 2.32. The third-order valence-corrected chi connectivity index (χ3v) is 2.06. The second-order valence-corrected chi connectivity index (χ2v) is 3.44. The highest BCUT2D eigenvalue weighted by Gasteiger charge is 2.14. The highest BCUT2D eigenvalue weighted by atomic mass is 15.4. The standard InChI is InChI=1S/C8H14N4/c1-6(2)8-10-7-5-9-3-4-12(7)11-8/h6,9H,3-5H2,1-2H3. The summed E-state index contributed by atoms with van der Waals surface area (Å²) in [5.41, 5.74) is 0. The average molecular weight is 166 g/mol. The summed E-state index contributed by atoms with van der Waals surface area (Å²) in [5.74, 6) is 2.47. The van der Waals surface area contributed by atoms with Crippen molar-refractivity contribution in [2.45, 2.75) is 32.9 Å². The smallest absolute Gasteiger partial charge is 0.153 e. The fourth-order valence-corrected chi connectivity index (χ4v) is 1.33. The molecule has 1 aromatic rings. The van der Waals surface area contributed by atoms with Crippen LogP contribution in [-0.4, -0.2) is 21.3 Å². The maximum absolute atomic E-state index is 4.44. The summed E-state index contributed by atoms with van der Waals surface area (Å²) in [6.07, 6.45) is 0. The van der Waals surface area contributed by atoms with Gasteiger partial charge in [-0.15, -0.1) is 0 Å². The first kappa shape index (κ1) is 7.73. The van der Waals surface area contributed by atoms with Crippen LogP contribution in [0.1, 0.15) is 31.4 Å². The number of nitrogens with one attached hydrogen (secondary N) is 1. The van der Waals surface area contributed by atoms with E-state index >= 15 is 0 Å². The van der Waals surface area contributed by atoms with Crippen molar-refractivity contribution in [2.75, 3.05) is 6.54 Å². The molecule has 0 saturated carbocycles. The zero-order chi connectivity index (χ0) is 8.55. The van der Waals surface area contributed by atoms with Gasteiger partial charge in [-0.1, -0.05) is 13.8 Å². The monoisotopic (exact) mass is 166 g/mol. The lowest BCUT2D eigenvalue weighted by molar-refractivity contribution is 0.466. The number of hydrogen-bond acceptors (Lipinski definition) is 3. The molecule has 1 aromatic heterocycles. The molecule has 0 spiro atoms. The Hall–Kier alpha value is -0.900. The minimum absolute atomic E-state index is 0.433. The molecule has 4 nitrogen and oxygen atoms in total. The fraction of sp³-hybridized carbons (Fsp3) is 0.750. The van der Waals surface area contributed by atoms with Crippen molar-refractivity contribution in [1.82, 2.24) is 20.1 Å². The molecule has 1 aliphatic rings. The Morgan fingerprint density at radius 2 is 2.33 bits per heavy atom. The molecule has 4 heteroatoms. The molecule has 0 aliphatic carbocycles. The molecular weight excluding hydrogens is 152 g/mol. The van der Waals surface area contributed by atoms with Crippen molar-refractivity contribution < 1.29 is 0 Å². The summed E-state index contributed by atoms with van der Waals surface area (Å²) in [4.78, 5) is 4.44. The van der Waals surface area contributed by atoms with Gasteiger partial charge in [0.1, 0.15) is 5.82 Å². The fourth-order valence-electron chi connectivity index (χ4n) is 1.33. The minimum atomic E-state index is 0.433. The van der Waals surface area contributed by atoms with Crippen molar-refractivity contribution in [3.63, 3.8) is 0 Å². The Labute approximate surface area is 72.0 Å². The molecule has 1 N–H and O–H groups in total. The van der Waals surface area contributed by atoms with Crippen molar-refractivity contribution in [1.29, 1.82) is 0 Å². The van der Waals surface area contributed by atoms with E-state index in [1.807, 2.05) is 4.68 Å². The molecule has 0 saturated heterocycles. The summed E-state index contributed by atoms with van der Waals surface area (Å²) in [6, 6.07) is 0. The van der Waals surface area contributed by atoms with Crippen LogP contribution in [0.15, 0.2) is 0 Å². The minimum Gasteiger partial charge on any atom is -0.308 e. The molecule has 0 aromatic carbocycles. The van der Waals surface area contributed by atoms with Gasteiger partial charge in [0.05, 0.1) is 13.1 Å². The molecule has 0 radical (unpaired) electrons. The first-order valence-electron chi connectivity index (χ1n) is 4.41. The molecule has 0 amide bonds. The molecular formula is C8H14N4. The van der Waals surface area contributed by atoms with E-state index in [1.165, 1.54) is 0 Å². The van der Waals surface area contributed by atoms with Crippen LogP contribution in [0, 0.1) is 0 Å². The lowest BCUT2D eigenvalue weighted by atomic mass is 10.2. The number of hydrogen-bond donors (Lipinski definition) is 1. The van der Waals surface area contributed by atoms with Crippen LogP contribution in [0.5, 0.6) is 0 Å². The molecule has 66 valence electrons. The van der Waals surface area contributed by atoms with E-state index in [2.05, 4.69) is 29.2 Å². The molecule has 2 heterocycles. The summed E-state index contributed by atoms with van der Waals surface area (Å²) < 4.78 is 2.01. The first-order valence-corrected chi connectivity index (χ1v) is 4.41. The third-order valence-electron chi connectivity index (χ3n) is 2.06. The lowest BCUT2D eigenvalue weighted by Gasteiger charge is -2.11. The van der Waals surface area contributed by atoms with Gasteiger partial charge in [0, 0.05) is 12.5 Å². The first-order chi connectivity index (χ1) is 5.77. The van der Waals surface area contributed by atoms with Crippen molar-refractivity contribution in [2.24, 2.45) is 0 Å². The number of nitrogens with zero attached hydrogens (tertiary/aromatic N) is 3. The Bertz CT molecular complexity index is 253. The number of fused-ring (bicyclic) bond motifs is 1. The predicted molar refractivity (Wildman–Crippen MR) is 45.8 cm³/mol. The lowest BCUT2D eigenvalue weighted by Crippen LogP contribution is -2.28. The van der Waals surface area contributed by atoms with Crippen LogP contribution in [-0.2, 0) is 13.1 Å². The zero-order valence-electron chi connectivity index (χ0n) is 7.54. The van der Waals surface area contributed by atoms with Gasteiger partial charge < -0.3 is 5.32 Å². The van der Waals surface area contributed by atoms with E-state index in [1.54, 1.807) is 0 Å². The van der Waals surface area contributed by atoms with E-state index in [0.717, 1.165) is 31.3 Å². The summed E-state index contributed by atoms with van der Waals surface area (Å²) in [5, 5.41) is 7.69. The molecule has 12 heavy (non-hydrogen) atoms. The van der Waals surface area contributed by atoms with Crippen molar-refractivity contribution in [3.8, 4) is 0 Å². The van der Waals surface area contributed by atoms with Gasteiger partial charge in [0.15, 0.2) is 5.82 Å². The van der Waals surface area contributed by atoms with Crippen LogP contribution in [0.25, 0.3) is 0 Å². The summed E-state index contributed by atoms with van der Waals surface area (Å²) in [6.45, 7) is 7.06. The quantitative estimate of drug-likeness (QED) is 0.660. The number of aromatic nitrogens is 3. The highest BCUT2D eigenvalue weighted by molar-refractivity contribution is 4.98. The predicted octanol–water partition coefficient (Wildman–Crippen LogP) is 0.505. The SMILES string of the molecule is CC(C)c1nc2n(n1)CCNC2. The Morgan fingerprint density at radius 1 is 1.50 bits per heavy atom. The average Bonchev–Trinajstić information content (AvgIpc) is 2.46. The molecule has 0 atom stereocenters. The molecule has 0 bridgehead atoms. The van der Waals surface area contributed by atoms with Gasteiger partial charge in [-0.2, -0.15) is 5.10 Å². The van der Waals surface area contributed by atoms with Crippen molar-refractivity contribution >= 4 is 0 Å². The second kappa shape index (κ2) is 2.86. The van der Waals surface area contributed by atoms with E-state index in [9.17, 15) is 0 Å². The molecule has 0 unspecified atom stereocenters. The Kier molecular flexibility index (Phi) is 1.84. The second-order valence-electron chi connectivity index (χ2n) is 3.44. The van der Waals surface area contributed by atoms with Gasteiger partial charge >= 0.3 is 0 Å². The van der Waals surface area contributed by atoms with E-state index in [-0.39, 0.29) is 0 Å². The molecule has 2 rings (SSSR count). The van der Waals surface area contributed by atoms with Gasteiger partial charge in [0.2, 0.25) is 0 Å². The summed E-state index contributed by atoms with van der Waals surface area (Å²) >= 11 is 0. The third kappa shape index (κ3) is 1.22. The molecule has 1 aliphatic heterocycles. The van der Waals surface area contributed by atoms with Crippen LogP contribution in [0.2, 0.25) is 0 Å². The largest absolute Gasteiger partial charge is 0.308 e. The van der Waals surface area contributed by atoms with Gasteiger partial charge in [-0.05, 0) is 0 Å². The Morgan fingerprint density at radius 3 is 3.00 bits per heavy atom. The normalized spacial score (nSPS) is 16.6. The number of rotatable bonds is 1. The van der Waals surface area contributed by atoms with Crippen LogP contribution in [0.4, 0.5) is 0 Å². The van der Waals surface area contributed by atoms with Gasteiger partial charge in [-0.25, -0.2) is 9.67 Å². The van der Waals surface area contributed by atoms with Crippen molar-refractivity contribution in [3.05, 3.63) is 11.6 Å². The maximum atomic E-state index is 4.44. The summed E-state index contributed by atoms with van der Waals surface area (Å²) in [7, 11) is 0. The topological polar surface area (TPSA) is 42.7 Å². The van der Waals surface area contributed by atoms with E-state index in [0.29, 0.717) is 5.92 Å².